The summed E-state index contributed by atoms with van der Waals surface area (Å²) in [5.74, 6) is 0.865. The summed E-state index contributed by atoms with van der Waals surface area (Å²) in [6.45, 7) is 9.86. The van der Waals surface area contributed by atoms with Gasteiger partial charge in [0.1, 0.15) is 5.82 Å². The highest BCUT2D eigenvalue weighted by Crippen LogP contribution is 2.25. The van der Waals surface area contributed by atoms with E-state index in [1.54, 1.807) is 6.07 Å². The highest BCUT2D eigenvalue weighted by Gasteiger charge is 2.16. The second-order valence-corrected chi connectivity index (χ2v) is 8.82. The largest absolute Gasteiger partial charge is 0.313 e. The molecule has 0 spiro atoms. The van der Waals surface area contributed by atoms with Gasteiger partial charge in [0.2, 0.25) is 0 Å². The SMILES string of the molecule is CCCNC(CSC(C)(C)C)Cc1cc(F)cc(Br)c1. The van der Waals surface area contributed by atoms with Crippen LogP contribution in [0.25, 0.3) is 0 Å². The molecule has 1 rings (SSSR count). The number of hydrogen-bond acceptors (Lipinski definition) is 2. The Hall–Kier alpha value is -0.0600. The molecule has 0 aliphatic carbocycles. The van der Waals surface area contributed by atoms with Crippen LogP contribution in [0, 0.1) is 5.82 Å². The average Bonchev–Trinajstić information content (AvgIpc) is 2.30. The molecule has 0 aliphatic rings. The Bertz CT molecular complexity index is 397. The van der Waals surface area contributed by atoms with Crippen molar-refractivity contribution < 1.29 is 4.39 Å². The summed E-state index contributed by atoms with van der Waals surface area (Å²) in [7, 11) is 0. The fourth-order valence-electron chi connectivity index (χ4n) is 1.90. The molecule has 0 fully saturated rings. The normalized spacial score (nSPS) is 13.5. The predicted molar refractivity (Wildman–Crippen MR) is 92.1 cm³/mol. The van der Waals surface area contributed by atoms with Crippen LogP contribution in [0.2, 0.25) is 0 Å². The van der Waals surface area contributed by atoms with E-state index in [0.29, 0.717) is 6.04 Å². The van der Waals surface area contributed by atoms with Crippen molar-refractivity contribution in [2.75, 3.05) is 12.3 Å². The molecule has 20 heavy (non-hydrogen) atoms. The van der Waals surface area contributed by atoms with E-state index in [-0.39, 0.29) is 10.6 Å². The van der Waals surface area contributed by atoms with Crippen LogP contribution in [0.4, 0.5) is 4.39 Å². The van der Waals surface area contributed by atoms with Crippen LogP contribution in [0.3, 0.4) is 0 Å². The minimum absolute atomic E-state index is 0.174. The summed E-state index contributed by atoms with van der Waals surface area (Å²) in [4.78, 5) is 0. The van der Waals surface area contributed by atoms with Gasteiger partial charge in [0, 0.05) is 21.0 Å². The standard InChI is InChI=1S/C16H25BrFNS/c1-5-6-19-15(11-20-16(2,3)4)9-12-7-13(17)10-14(18)8-12/h7-8,10,15,19H,5-6,9,11H2,1-4H3. The number of hydrogen-bond donors (Lipinski definition) is 1. The molecule has 1 aromatic carbocycles. The lowest BCUT2D eigenvalue weighted by Crippen LogP contribution is -2.35. The van der Waals surface area contributed by atoms with Gasteiger partial charge < -0.3 is 5.32 Å². The zero-order valence-electron chi connectivity index (χ0n) is 12.8. The maximum Gasteiger partial charge on any atom is 0.124 e. The highest BCUT2D eigenvalue weighted by atomic mass is 79.9. The Morgan fingerprint density at radius 3 is 2.55 bits per heavy atom. The minimum atomic E-state index is -0.174. The lowest BCUT2D eigenvalue weighted by molar-refractivity contribution is 0.545. The Morgan fingerprint density at radius 1 is 1.30 bits per heavy atom. The van der Waals surface area contributed by atoms with E-state index in [0.717, 1.165) is 35.2 Å². The quantitative estimate of drug-likeness (QED) is 0.730. The van der Waals surface area contributed by atoms with Gasteiger partial charge in [-0.2, -0.15) is 11.8 Å². The maximum absolute atomic E-state index is 13.4. The van der Waals surface area contributed by atoms with Crippen molar-refractivity contribution in [3.8, 4) is 0 Å². The van der Waals surface area contributed by atoms with Gasteiger partial charge in [-0.25, -0.2) is 4.39 Å². The fourth-order valence-corrected chi connectivity index (χ4v) is 3.35. The van der Waals surface area contributed by atoms with Gasteiger partial charge in [-0.05, 0) is 43.1 Å². The molecule has 0 saturated carbocycles. The van der Waals surface area contributed by atoms with E-state index in [9.17, 15) is 4.39 Å². The summed E-state index contributed by atoms with van der Waals surface area (Å²) in [6.07, 6.45) is 1.98. The monoisotopic (exact) mass is 361 g/mol. The first-order valence-corrected chi connectivity index (χ1v) is 8.90. The van der Waals surface area contributed by atoms with Gasteiger partial charge in [-0.15, -0.1) is 0 Å². The summed E-state index contributed by atoms with van der Waals surface area (Å²) in [6, 6.07) is 5.52. The molecule has 0 saturated heterocycles. The van der Waals surface area contributed by atoms with Gasteiger partial charge in [0.25, 0.3) is 0 Å². The molecule has 1 aromatic rings. The van der Waals surface area contributed by atoms with E-state index in [2.05, 4.69) is 48.9 Å². The van der Waals surface area contributed by atoms with Crippen molar-refractivity contribution in [3.63, 3.8) is 0 Å². The third-order valence-corrected chi connectivity index (χ3v) is 4.70. The Balaban J connectivity index is 2.67. The lowest BCUT2D eigenvalue weighted by Gasteiger charge is -2.24. The first-order chi connectivity index (χ1) is 9.30. The molecule has 1 nitrogen and oxygen atoms in total. The van der Waals surface area contributed by atoms with E-state index >= 15 is 0 Å². The van der Waals surface area contributed by atoms with Crippen LogP contribution >= 0.6 is 27.7 Å². The second kappa shape index (κ2) is 8.40. The van der Waals surface area contributed by atoms with Crippen molar-refractivity contribution in [1.82, 2.24) is 5.32 Å². The molecule has 0 heterocycles. The molecule has 0 amide bonds. The number of rotatable bonds is 7. The van der Waals surface area contributed by atoms with Gasteiger partial charge >= 0.3 is 0 Å². The van der Waals surface area contributed by atoms with Gasteiger partial charge in [-0.3, -0.25) is 0 Å². The smallest absolute Gasteiger partial charge is 0.124 e. The average molecular weight is 362 g/mol. The van der Waals surface area contributed by atoms with Crippen LogP contribution in [-0.4, -0.2) is 23.1 Å². The third kappa shape index (κ3) is 7.65. The zero-order valence-corrected chi connectivity index (χ0v) is 15.2. The van der Waals surface area contributed by atoms with E-state index in [1.165, 1.54) is 6.07 Å². The van der Waals surface area contributed by atoms with Crippen molar-refractivity contribution in [2.45, 2.75) is 51.3 Å². The molecule has 0 aliphatic heterocycles. The Morgan fingerprint density at radius 2 is 2.00 bits per heavy atom. The first-order valence-electron chi connectivity index (χ1n) is 7.12. The molecule has 0 bridgehead atoms. The molecule has 1 unspecified atom stereocenters. The third-order valence-electron chi connectivity index (χ3n) is 2.80. The van der Waals surface area contributed by atoms with Gasteiger partial charge in [0.15, 0.2) is 0 Å². The molecule has 0 aromatic heterocycles. The van der Waals surface area contributed by atoms with Crippen LogP contribution in [0.1, 0.15) is 39.7 Å². The highest BCUT2D eigenvalue weighted by molar-refractivity contribution is 9.10. The Labute approximate surface area is 135 Å². The van der Waals surface area contributed by atoms with Gasteiger partial charge in [-0.1, -0.05) is 43.6 Å². The second-order valence-electron chi connectivity index (χ2n) is 6.06. The predicted octanol–water partition coefficient (Wildman–Crippen LogP) is 5.03. The van der Waals surface area contributed by atoms with Crippen molar-refractivity contribution in [1.29, 1.82) is 0 Å². The van der Waals surface area contributed by atoms with Crippen molar-refractivity contribution in [3.05, 3.63) is 34.1 Å². The lowest BCUT2D eigenvalue weighted by atomic mass is 10.1. The van der Waals surface area contributed by atoms with E-state index < -0.39 is 0 Å². The van der Waals surface area contributed by atoms with Crippen LogP contribution in [0.15, 0.2) is 22.7 Å². The number of thioether (sulfide) groups is 1. The molecule has 114 valence electrons. The zero-order chi connectivity index (χ0) is 15.2. The van der Waals surface area contributed by atoms with Crippen LogP contribution in [0.5, 0.6) is 0 Å². The summed E-state index contributed by atoms with van der Waals surface area (Å²) in [5.41, 5.74) is 1.04. The van der Waals surface area contributed by atoms with Crippen LogP contribution in [-0.2, 0) is 6.42 Å². The van der Waals surface area contributed by atoms with Crippen molar-refractivity contribution >= 4 is 27.7 Å². The molecular formula is C16H25BrFNS. The molecule has 1 atom stereocenters. The topological polar surface area (TPSA) is 12.0 Å². The molecule has 1 N–H and O–H groups in total. The fraction of sp³-hybridized carbons (Fsp3) is 0.625. The molecule has 4 heteroatoms. The summed E-state index contributed by atoms with van der Waals surface area (Å²) in [5, 5.41) is 3.57. The molecular weight excluding hydrogens is 337 g/mol. The minimum Gasteiger partial charge on any atom is -0.313 e. The van der Waals surface area contributed by atoms with E-state index in [4.69, 9.17) is 0 Å². The van der Waals surface area contributed by atoms with Crippen LogP contribution < -0.4 is 5.32 Å². The number of benzene rings is 1. The summed E-state index contributed by atoms with van der Waals surface area (Å²) < 4.78 is 14.5. The molecule has 0 radical (unpaired) electrons. The number of nitrogens with one attached hydrogen (secondary N) is 1. The van der Waals surface area contributed by atoms with Crippen molar-refractivity contribution in [2.24, 2.45) is 0 Å². The summed E-state index contributed by atoms with van der Waals surface area (Å²) >= 11 is 5.31. The Kier molecular flexibility index (Phi) is 7.56. The number of halogens is 2. The maximum atomic E-state index is 13.4. The first kappa shape index (κ1) is 18.0. The van der Waals surface area contributed by atoms with Gasteiger partial charge in [0.05, 0.1) is 0 Å². The van der Waals surface area contributed by atoms with E-state index in [1.807, 2.05) is 17.8 Å².